The molecular weight excluding hydrogens is 427 g/mol. The third kappa shape index (κ3) is 6.36. The molecule has 0 radical (unpaired) electrons. The topological polar surface area (TPSA) is 52.8 Å². The molecule has 1 aromatic carbocycles. The SMILES string of the molecule is CN=C(NCc1ccco1)NC1CCN(Cc2ccccc2)CC1.I. The van der Waals surface area contributed by atoms with Crippen LogP contribution in [0.4, 0.5) is 0 Å². The maximum atomic E-state index is 5.34. The van der Waals surface area contributed by atoms with E-state index in [1.165, 1.54) is 5.56 Å². The zero-order chi connectivity index (χ0) is 16.6. The number of hydrogen-bond donors (Lipinski definition) is 2. The average Bonchev–Trinajstić information content (AvgIpc) is 3.14. The molecule has 1 aliphatic heterocycles. The molecule has 0 spiro atoms. The number of aliphatic imine (C=N–C) groups is 1. The van der Waals surface area contributed by atoms with Gasteiger partial charge in [-0.05, 0) is 30.5 Å². The molecule has 6 heteroatoms. The maximum absolute atomic E-state index is 5.34. The van der Waals surface area contributed by atoms with Crippen LogP contribution in [0.25, 0.3) is 0 Å². The van der Waals surface area contributed by atoms with Gasteiger partial charge in [0.05, 0.1) is 12.8 Å². The number of benzene rings is 1. The zero-order valence-corrected chi connectivity index (χ0v) is 17.0. The van der Waals surface area contributed by atoms with Crippen molar-refractivity contribution in [1.82, 2.24) is 15.5 Å². The van der Waals surface area contributed by atoms with Gasteiger partial charge in [-0.3, -0.25) is 9.89 Å². The second kappa shape index (κ2) is 10.5. The van der Waals surface area contributed by atoms with E-state index in [-0.39, 0.29) is 24.0 Å². The van der Waals surface area contributed by atoms with Crippen molar-refractivity contribution in [3.05, 3.63) is 60.1 Å². The monoisotopic (exact) mass is 454 g/mol. The smallest absolute Gasteiger partial charge is 0.191 e. The van der Waals surface area contributed by atoms with E-state index in [1.807, 2.05) is 19.2 Å². The molecule has 136 valence electrons. The van der Waals surface area contributed by atoms with Gasteiger partial charge in [0.25, 0.3) is 0 Å². The molecule has 1 saturated heterocycles. The molecule has 5 nitrogen and oxygen atoms in total. The Balaban J connectivity index is 0.00000225. The van der Waals surface area contributed by atoms with Crippen LogP contribution in [0.1, 0.15) is 24.2 Å². The molecule has 0 amide bonds. The molecule has 25 heavy (non-hydrogen) atoms. The van der Waals surface area contributed by atoms with Crippen molar-refractivity contribution < 1.29 is 4.42 Å². The van der Waals surface area contributed by atoms with Crippen LogP contribution in [0.5, 0.6) is 0 Å². The summed E-state index contributed by atoms with van der Waals surface area (Å²) < 4.78 is 5.34. The Kier molecular flexibility index (Phi) is 8.27. The van der Waals surface area contributed by atoms with E-state index >= 15 is 0 Å². The number of nitrogens with one attached hydrogen (secondary N) is 2. The lowest BCUT2D eigenvalue weighted by Gasteiger charge is -2.33. The van der Waals surface area contributed by atoms with E-state index in [0.717, 1.165) is 44.2 Å². The summed E-state index contributed by atoms with van der Waals surface area (Å²) in [5.74, 6) is 1.75. The minimum absolute atomic E-state index is 0. The second-order valence-electron chi connectivity index (χ2n) is 6.19. The Morgan fingerprint density at radius 1 is 1.16 bits per heavy atom. The highest BCUT2D eigenvalue weighted by Gasteiger charge is 2.20. The normalized spacial score (nSPS) is 16.3. The van der Waals surface area contributed by atoms with Crippen molar-refractivity contribution in [1.29, 1.82) is 0 Å². The van der Waals surface area contributed by atoms with Gasteiger partial charge in [-0.25, -0.2) is 0 Å². The standard InChI is InChI=1S/C19H26N4O.HI/c1-20-19(21-14-18-8-5-13-24-18)22-17-9-11-23(12-10-17)15-16-6-3-2-4-7-16;/h2-8,13,17H,9-12,14-15H2,1H3,(H2,20,21,22);1H. The minimum Gasteiger partial charge on any atom is -0.467 e. The van der Waals surface area contributed by atoms with Gasteiger partial charge in [-0.1, -0.05) is 30.3 Å². The molecule has 1 fully saturated rings. The van der Waals surface area contributed by atoms with Crippen LogP contribution >= 0.6 is 24.0 Å². The van der Waals surface area contributed by atoms with E-state index in [1.54, 1.807) is 6.26 Å². The number of nitrogens with zero attached hydrogens (tertiary/aromatic N) is 2. The number of halogens is 1. The first kappa shape index (κ1) is 19.8. The predicted molar refractivity (Wildman–Crippen MR) is 112 cm³/mol. The molecule has 0 atom stereocenters. The number of piperidine rings is 1. The molecule has 2 aromatic rings. The fourth-order valence-electron chi connectivity index (χ4n) is 3.05. The highest BCUT2D eigenvalue weighted by atomic mass is 127. The predicted octanol–water partition coefficient (Wildman–Crippen LogP) is 3.23. The number of guanidine groups is 1. The molecule has 0 aliphatic carbocycles. The van der Waals surface area contributed by atoms with Gasteiger partial charge in [0, 0.05) is 32.7 Å². The van der Waals surface area contributed by atoms with E-state index < -0.39 is 0 Å². The van der Waals surface area contributed by atoms with Crippen molar-refractivity contribution in [2.24, 2.45) is 4.99 Å². The van der Waals surface area contributed by atoms with Crippen molar-refractivity contribution in [3.8, 4) is 0 Å². The van der Waals surface area contributed by atoms with Gasteiger partial charge in [0.1, 0.15) is 5.76 Å². The third-order valence-electron chi connectivity index (χ3n) is 4.41. The summed E-state index contributed by atoms with van der Waals surface area (Å²) in [4.78, 5) is 6.83. The molecule has 1 aliphatic rings. The number of hydrogen-bond acceptors (Lipinski definition) is 3. The van der Waals surface area contributed by atoms with Gasteiger partial charge >= 0.3 is 0 Å². The Labute approximate surface area is 166 Å². The van der Waals surface area contributed by atoms with Gasteiger partial charge in [-0.15, -0.1) is 24.0 Å². The Morgan fingerprint density at radius 3 is 2.56 bits per heavy atom. The molecule has 2 heterocycles. The summed E-state index contributed by atoms with van der Waals surface area (Å²) in [5.41, 5.74) is 1.39. The van der Waals surface area contributed by atoms with E-state index in [0.29, 0.717) is 12.6 Å². The van der Waals surface area contributed by atoms with Crippen LogP contribution in [0.2, 0.25) is 0 Å². The Hall–Kier alpha value is -1.54. The lowest BCUT2D eigenvalue weighted by molar-refractivity contribution is 0.198. The van der Waals surface area contributed by atoms with Crippen LogP contribution < -0.4 is 10.6 Å². The summed E-state index contributed by atoms with van der Waals surface area (Å²) in [6.45, 7) is 3.92. The van der Waals surface area contributed by atoms with Gasteiger partial charge in [-0.2, -0.15) is 0 Å². The second-order valence-corrected chi connectivity index (χ2v) is 6.19. The van der Waals surface area contributed by atoms with Crippen molar-refractivity contribution in [3.63, 3.8) is 0 Å². The maximum Gasteiger partial charge on any atom is 0.191 e. The van der Waals surface area contributed by atoms with Crippen molar-refractivity contribution >= 4 is 29.9 Å². The van der Waals surface area contributed by atoms with Gasteiger partial charge in [0.2, 0.25) is 0 Å². The van der Waals surface area contributed by atoms with Crippen LogP contribution in [0.3, 0.4) is 0 Å². The van der Waals surface area contributed by atoms with Crippen LogP contribution in [0.15, 0.2) is 58.1 Å². The average molecular weight is 454 g/mol. The lowest BCUT2D eigenvalue weighted by atomic mass is 10.0. The summed E-state index contributed by atoms with van der Waals surface area (Å²) in [6, 6.07) is 15.0. The quantitative estimate of drug-likeness (QED) is 0.414. The van der Waals surface area contributed by atoms with Crippen molar-refractivity contribution in [2.45, 2.75) is 32.0 Å². The highest BCUT2D eigenvalue weighted by molar-refractivity contribution is 14.0. The Morgan fingerprint density at radius 2 is 1.92 bits per heavy atom. The molecular formula is C19H27IN4O. The summed E-state index contributed by atoms with van der Waals surface area (Å²) >= 11 is 0. The molecule has 0 saturated carbocycles. The summed E-state index contributed by atoms with van der Waals surface area (Å²) in [7, 11) is 1.81. The largest absolute Gasteiger partial charge is 0.467 e. The Bertz CT molecular complexity index is 622. The third-order valence-corrected chi connectivity index (χ3v) is 4.41. The van der Waals surface area contributed by atoms with Crippen LogP contribution in [-0.2, 0) is 13.1 Å². The molecule has 0 bridgehead atoms. The number of rotatable bonds is 5. The first-order chi connectivity index (χ1) is 11.8. The van der Waals surface area contributed by atoms with E-state index in [4.69, 9.17) is 4.42 Å². The summed E-state index contributed by atoms with van der Waals surface area (Å²) in [5, 5.41) is 6.82. The lowest BCUT2D eigenvalue weighted by Crippen LogP contribution is -2.48. The molecule has 0 unspecified atom stereocenters. The fourth-order valence-corrected chi connectivity index (χ4v) is 3.05. The van der Waals surface area contributed by atoms with E-state index in [2.05, 4.69) is 50.9 Å². The van der Waals surface area contributed by atoms with Crippen LogP contribution in [0, 0.1) is 0 Å². The molecule has 3 rings (SSSR count). The highest BCUT2D eigenvalue weighted by Crippen LogP contribution is 2.13. The van der Waals surface area contributed by atoms with E-state index in [9.17, 15) is 0 Å². The minimum atomic E-state index is 0. The first-order valence-electron chi connectivity index (χ1n) is 8.59. The fraction of sp³-hybridized carbons (Fsp3) is 0.421. The van der Waals surface area contributed by atoms with Gasteiger partial charge < -0.3 is 15.1 Å². The van der Waals surface area contributed by atoms with Crippen molar-refractivity contribution in [2.75, 3.05) is 20.1 Å². The molecule has 1 aromatic heterocycles. The van der Waals surface area contributed by atoms with Crippen LogP contribution in [-0.4, -0.2) is 37.0 Å². The first-order valence-corrected chi connectivity index (χ1v) is 8.59. The molecule has 2 N–H and O–H groups in total. The summed E-state index contributed by atoms with van der Waals surface area (Å²) in [6.07, 6.45) is 3.96. The zero-order valence-electron chi connectivity index (χ0n) is 14.6. The van der Waals surface area contributed by atoms with Gasteiger partial charge in [0.15, 0.2) is 5.96 Å². The number of likely N-dealkylation sites (tertiary alicyclic amines) is 1. The number of furan rings is 1.